The normalized spacial score (nSPS) is 16.5. The second-order valence-electron chi connectivity index (χ2n) is 21.3. The van der Waals surface area contributed by atoms with Crippen molar-refractivity contribution in [2.45, 2.75) is 113 Å². The van der Waals surface area contributed by atoms with Gasteiger partial charge < -0.3 is 19.5 Å². The molecule has 74 heavy (non-hydrogen) atoms. The number of anilines is 5. The van der Waals surface area contributed by atoms with E-state index in [9.17, 15) is 0 Å². The molecule has 0 saturated carbocycles. The summed E-state index contributed by atoms with van der Waals surface area (Å²) in [6, 6.07) is 46.9. The van der Waals surface area contributed by atoms with Crippen molar-refractivity contribution in [1.29, 1.82) is 0 Å². The molecule has 0 N–H and O–H groups in total. The van der Waals surface area contributed by atoms with Gasteiger partial charge in [0.25, 0.3) is 6.71 Å². The van der Waals surface area contributed by atoms with Crippen LogP contribution in [0.25, 0.3) is 5.47 Å². The third kappa shape index (κ3) is 9.35. The molecule has 9 rings (SSSR count). The van der Waals surface area contributed by atoms with Gasteiger partial charge in [-0.15, -0.1) is 17.7 Å². The molecular weight excluding hydrogens is 898 g/mol. The van der Waals surface area contributed by atoms with Crippen LogP contribution in [0.2, 0.25) is 6.22 Å². The van der Waals surface area contributed by atoms with Crippen molar-refractivity contribution in [3.63, 3.8) is 0 Å². The van der Waals surface area contributed by atoms with Gasteiger partial charge in [0.1, 0.15) is 24.5 Å². The molecule has 0 bridgehead atoms. The zero-order valence-corrected chi connectivity index (χ0v) is 47.1. The number of nitrogens with zero attached hydrogens (tertiary/aromatic N) is 6. The van der Waals surface area contributed by atoms with Crippen molar-refractivity contribution in [2.75, 3.05) is 78.8 Å². The van der Waals surface area contributed by atoms with E-state index in [1.807, 2.05) is 0 Å². The van der Waals surface area contributed by atoms with Crippen LogP contribution in [0.15, 0.2) is 127 Å². The molecule has 6 aromatic carbocycles. The summed E-state index contributed by atoms with van der Waals surface area (Å²) in [5, 5.41) is 0. The number of para-hydroxylation sites is 4. The lowest BCUT2D eigenvalue weighted by Gasteiger charge is -2.59. The quantitative estimate of drug-likeness (QED) is 0.0545. The highest BCUT2D eigenvalue weighted by Crippen LogP contribution is 2.52. The lowest BCUT2D eigenvalue weighted by molar-refractivity contribution is -0.427. The average molecular weight is 981 g/mol. The predicted molar refractivity (Wildman–Crippen MR) is 324 cm³/mol. The summed E-state index contributed by atoms with van der Waals surface area (Å²) in [7, 11) is 8.55. The Kier molecular flexibility index (Phi) is 15.9. The summed E-state index contributed by atoms with van der Waals surface area (Å²) in [5.74, 6) is 8.46. The van der Waals surface area contributed by atoms with Gasteiger partial charge in [-0.2, -0.15) is 0 Å². The van der Waals surface area contributed by atoms with Gasteiger partial charge in [-0.25, -0.2) is 9.48 Å². The first kappa shape index (κ1) is 52.3. The molecule has 0 aromatic heterocycles. The van der Waals surface area contributed by atoms with Crippen LogP contribution in [0.3, 0.4) is 0 Å². The van der Waals surface area contributed by atoms with Gasteiger partial charge in [0.05, 0.1) is 0 Å². The standard InChI is InChI=1S/C66H82B2N6/c1-13-49-25-21-26-50(14-2)61(49)71-45-46-74(64-55(19-7)31-24-32-56(64)20-8)68(42-41-48-33-37-58(38-34-48)69(9)10)47-67(60(65(68)71)57-35-39-59(40-36-57)70(11)12)66-72(62-51(15-3)27-22-28-52(62)16-4)43-44-73(66)63-53(17-5)29-23-30-54(63)18-6/h21-40H,13-20,43-47H2,1-12H3/t68-/m1/s1. The summed E-state index contributed by atoms with van der Waals surface area (Å²) in [5.41, 5.74) is 25.8. The molecule has 0 radical (unpaired) electrons. The Balaban J connectivity index is 1.50. The minimum atomic E-state index is -1.86. The molecule has 3 heterocycles. The van der Waals surface area contributed by atoms with Gasteiger partial charge in [-0.1, -0.05) is 146 Å². The van der Waals surface area contributed by atoms with Crippen molar-refractivity contribution in [3.05, 3.63) is 183 Å². The maximum absolute atomic E-state index is 4.44. The first-order chi connectivity index (χ1) is 36.0. The summed E-state index contributed by atoms with van der Waals surface area (Å²) in [4.78, 5) is 13.0. The number of amidine groups is 1. The van der Waals surface area contributed by atoms with E-state index in [4.69, 9.17) is 0 Å². The van der Waals surface area contributed by atoms with Gasteiger partial charge in [-0.05, 0) is 144 Å². The molecule has 3 aliphatic heterocycles. The Labute approximate surface area is 446 Å². The van der Waals surface area contributed by atoms with Crippen LogP contribution in [0, 0.1) is 11.7 Å². The van der Waals surface area contributed by atoms with Crippen LogP contribution < -0.4 is 24.4 Å². The average Bonchev–Trinajstić information content (AvgIpc) is 4.03. The van der Waals surface area contributed by atoms with E-state index < -0.39 is 6.28 Å². The van der Waals surface area contributed by atoms with E-state index in [0.29, 0.717) is 0 Å². The Bertz CT molecular complexity index is 3030. The maximum atomic E-state index is 4.44. The molecule has 1 fully saturated rings. The third-order valence-corrected chi connectivity index (χ3v) is 16.9. The van der Waals surface area contributed by atoms with E-state index >= 15 is 0 Å². The minimum absolute atomic E-state index is 0.0202. The maximum Gasteiger partial charge on any atom is 0.283 e. The molecule has 0 unspecified atom stereocenters. The van der Waals surface area contributed by atoms with E-state index in [-0.39, 0.29) is 6.71 Å². The zero-order valence-electron chi connectivity index (χ0n) is 47.1. The molecule has 0 amide bonds. The Morgan fingerprint density at radius 3 is 1.35 bits per heavy atom. The van der Waals surface area contributed by atoms with Gasteiger partial charge in [-0.3, -0.25) is 5.82 Å². The number of fused-ring (bicyclic) bond motifs is 1. The fourth-order valence-corrected chi connectivity index (χ4v) is 13.2. The van der Waals surface area contributed by atoms with Gasteiger partial charge >= 0.3 is 0 Å². The summed E-state index contributed by atoms with van der Waals surface area (Å²) in [6.07, 6.45) is 6.68. The first-order valence-electron chi connectivity index (χ1n) is 28.4. The molecule has 0 spiro atoms. The molecule has 8 heteroatoms. The molecule has 1 atom stereocenters. The summed E-state index contributed by atoms with van der Waals surface area (Å²) in [6.45, 7) is 22.3. The third-order valence-electron chi connectivity index (χ3n) is 16.9. The van der Waals surface area contributed by atoms with Crippen molar-refractivity contribution < 1.29 is 4.58 Å². The SMILES string of the molecule is CCc1cccc(CC)c1N1CCN(c2c(CC)cccc2CC)[B@-]2(C#Cc3ccc(N(C)C)cc3)CB(C3=[N+](c4c(CC)cccc4CC)CCN3c3c(CC)cccc3CC)C(c3ccc(N(C)C)cc3)=C12. The lowest BCUT2D eigenvalue weighted by atomic mass is 9.23. The molecule has 3 aliphatic rings. The van der Waals surface area contributed by atoms with E-state index in [1.54, 1.807) is 0 Å². The summed E-state index contributed by atoms with van der Waals surface area (Å²) < 4.78 is 2.82. The van der Waals surface area contributed by atoms with Crippen LogP contribution in [-0.2, 0) is 51.4 Å². The fraction of sp³-hybridized carbons (Fsp3) is 0.379. The number of hydrogen-bond acceptors (Lipinski definition) is 5. The molecule has 382 valence electrons. The van der Waals surface area contributed by atoms with Crippen molar-refractivity contribution in [1.82, 2.24) is 0 Å². The Morgan fingerprint density at radius 2 is 0.905 bits per heavy atom. The lowest BCUT2D eigenvalue weighted by Crippen LogP contribution is -2.65. The van der Waals surface area contributed by atoms with E-state index in [0.717, 1.165) is 89.3 Å². The van der Waals surface area contributed by atoms with Gasteiger partial charge in [0.15, 0.2) is 6.28 Å². The zero-order chi connectivity index (χ0) is 52.3. The van der Waals surface area contributed by atoms with Gasteiger partial charge in [0, 0.05) is 63.0 Å². The summed E-state index contributed by atoms with van der Waals surface area (Å²) >= 11 is 0. The Morgan fingerprint density at radius 1 is 0.486 bits per heavy atom. The molecular formula is C66H82B2N6. The highest BCUT2D eigenvalue weighted by Gasteiger charge is 2.57. The molecule has 6 aromatic rings. The van der Waals surface area contributed by atoms with Crippen LogP contribution in [-0.4, -0.2) is 77.7 Å². The smallest absolute Gasteiger partial charge is 0.283 e. The highest BCUT2D eigenvalue weighted by atomic mass is 15.3. The van der Waals surface area contributed by atoms with Crippen molar-refractivity contribution in [2.24, 2.45) is 0 Å². The topological polar surface area (TPSA) is 19.2 Å². The first-order valence-corrected chi connectivity index (χ1v) is 28.4. The van der Waals surface area contributed by atoms with E-state index in [2.05, 4.69) is 246 Å². The van der Waals surface area contributed by atoms with Crippen LogP contribution in [0.5, 0.6) is 0 Å². The second kappa shape index (κ2) is 22.5. The van der Waals surface area contributed by atoms with Crippen molar-refractivity contribution in [3.8, 4) is 11.7 Å². The number of aryl methyl sites for hydroxylation is 8. The molecule has 0 aliphatic carbocycles. The molecule has 6 nitrogen and oxygen atoms in total. The van der Waals surface area contributed by atoms with Crippen molar-refractivity contribution >= 4 is 58.3 Å². The number of benzene rings is 6. The number of hydrogen-bond donors (Lipinski definition) is 0. The van der Waals surface area contributed by atoms with Crippen LogP contribution >= 0.6 is 0 Å². The van der Waals surface area contributed by atoms with Crippen LogP contribution in [0.1, 0.15) is 111 Å². The molecule has 1 saturated heterocycles. The Hall–Kier alpha value is -6.58. The van der Waals surface area contributed by atoms with Crippen LogP contribution in [0.4, 0.5) is 34.1 Å². The second-order valence-corrected chi connectivity index (χ2v) is 21.3. The largest absolute Gasteiger partial charge is 0.529 e. The number of rotatable bonds is 16. The monoisotopic (exact) mass is 981 g/mol. The predicted octanol–water partition coefficient (Wildman–Crippen LogP) is 13.5. The van der Waals surface area contributed by atoms with Gasteiger partial charge in [0.2, 0.25) is 5.73 Å². The highest BCUT2D eigenvalue weighted by molar-refractivity contribution is 7.21. The minimum Gasteiger partial charge on any atom is -0.529 e. The fourth-order valence-electron chi connectivity index (χ4n) is 13.2. The van der Waals surface area contributed by atoms with E-state index in [1.165, 1.54) is 101 Å².